The predicted octanol–water partition coefficient (Wildman–Crippen LogP) is 4.05. The SMILES string of the molecule is COc1ccc(-c2cc3ncn(CC(=O)NCc4ccc(OC(F)F)cc4)c(=O)c3s2)cc1. The van der Waals surface area contributed by atoms with Crippen LogP contribution in [0.4, 0.5) is 8.78 Å². The minimum atomic E-state index is -2.89. The van der Waals surface area contributed by atoms with Crippen LogP contribution in [0.3, 0.4) is 0 Å². The summed E-state index contributed by atoms with van der Waals surface area (Å²) in [6, 6.07) is 15.3. The number of benzene rings is 2. The van der Waals surface area contributed by atoms with Crippen LogP contribution < -0.4 is 20.3 Å². The lowest BCUT2D eigenvalue weighted by Crippen LogP contribution is -2.31. The van der Waals surface area contributed by atoms with Crippen LogP contribution in [-0.2, 0) is 17.9 Å². The summed E-state index contributed by atoms with van der Waals surface area (Å²) in [6.45, 7) is -2.90. The monoisotopic (exact) mass is 471 g/mol. The summed E-state index contributed by atoms with van der Waals surface area (Å²) in [5.41, 5.74) is 1.91. The topological polar surface area (TPSA) is 82.5 Å². The summed E-state index contributed by atoms with van der Waals surface area (Å²) < 4.78 is 35.6. The van der Waals surface area contributed by atoms with Crippen LogP contribution in [0.1, 0.15) is 5.56 Å². The van der Waals surface area contributed by atoms with Crippen molar-refractivity contribution in [2.75, 3.05) is 7.11 Å². The van der Waals surface area contributed by atoms with Gasteiger partial charge in [0.1, 0.15) is 22.7 Å². The van der Waals surface area contributed by atoms with Crippen LogP contribution >= 0.6 is 11.3 Å². The van der Waals surface area contributed by atoms with Crippen LogP contribution in [0.25, 0.3) is 20.7 Å². The zero-order valence-corrected chi connectivity index (χ0v) is 18.3. The molecule has 0 aliphatic heterocycles. The molecule has 2 aromatic heterocycles. The number of methoxy groups -OCH3 is 1. The van der Waals surface area contributed by atoms with Gasteiger partial charge in [0, 0.05) is 11.4 Å². The second-order valence-corrected chi connectivity index (χ2v) is 8.08. The molecule has 2 aromatic carbocycles. The zero-order chi connectivity index (χ0) is 23.4. The molecule has 170 valence electrons. The Hall–Kier alpha value is -3.79. The minimum Gasteiger partial charge on any atom is -0.497 e. The lowest BCUT2D eigenvalue weighted by molar-refractivity contribution is -0.121. The van der Waals surface area contributed by atoms with E-state index in [9.17, 15) is 18.4 Å². The number of nitrogens with one attached hydrogen (secondary N) is 1. The molecule has 0 bridgehead atoms. The minimum absolute atomic E-state index is 0.0379. The number of halogens is 2. The van der Waals surface area contributed by atoms with E-state index in [0.29, 0.717) is 15.8 Å². The molecule has 0 radical (unpaired) electrons. The number of hydrogen-bond donors (Lipinski definition) is 1. The fourth-order valence-electron chi connectivity index (χ4n) is 3.16. The lowest BCUT2D eigenvalue weighted by Gasteiger charge is -2.08. The number of nitrogens with zero attached hydrogens (tertiary/aromatic N) is 2. The maximum absolute atomic E-state index is 12.9. The first kappa shape index (κ1) is 22.4. The normalized spacial score (nSPS) is 11.0. The Bertz CT molecular complexity index is 1320. The summed E-state index contributed by atoms with van der Waals surface area (Å²) in [4.78, 5) is 30.4. The number of hydrogen-bond acceptors (Lipinski definition) is 6. The smallest absolute Gasteiger partial charge is 0.387 e. The van der Waals surface area contributed by atoms with E-state index in [-0.39, 0.29) is 30.3 Å². The Morgan fingerprint density at radius 1 is 1.12 bits per heavy atom. The Morgan fingerprint density at radius 3 is 2.48 bits per heavy atom. The number of aromatic nitrogens is 2. The average Bonchev–Trinajstić information content (AvgIpc) is 3.25. The lowest BCUT2D eigenvalue weighted by atomic mass is 10.2. The van der Waals surface area contributed by atoms with Gasteiger partial charge in [-0.3, -0.25) is 14.2 Å². The molecule has 4 rings (SSSR count). The van der Waals surface area contributed by atoms with E-state index in [4.69, 9.17) is 4.74 Å². The van der Waals surface area contributed by atoms with Crippen molar-refractivity contribution in [2.24, 2.45) is 0 Å². The van der Waals surface area contributed by atoms with Gasteiger partial charge >= 0.3 is 6.61 Å². The summed E-state index contributed by atoms with van der Waals surface area (Å²) in [7, 11) is 1.60. The van der Waals surface area contributed by atoms with Gasteiger partial charge in [-0.2, -0.15) is 8.78 Å². The standard InChI is InChI=1S/C23H19F2N3O4S/c1-31-16-8-4-15(5-9-16)19-10-18-21(33-19)22(30)28(13-27-18)12-20(29)26-11-14-2-6-17(7-3-14)32-23(24)25/h2-10,13,23H,11-12H2,1H3,(H,26,29). The number of thiophene rings is 1. The molecule has 0 aliphatic rings. The van der Waals surface area contributed by atoms with Crippen molar-refractivity contribution in [1.82, 2.24) is 14.9 Å². The van der Waals surface area contributed by atoms with Crippen molar-refractivity contribution in [3.05, 3.63) is 76.8 Å². The van der Waals surface area contributed by atoms with Gasteiger partial charge in [-0.05, 0) is 53.6 Å². The van der Waals surface area contributed by atoms with Gasteiger partial charge in [-0.15, -0.1) is 11.3 Å². The van der Waals surface area contributed by atoms with Crippen molar-refractivity contribution in [3.8, 4) is 21.9 Å². The Balaban J connectivity index is 1.43. The van der Waals surface area contributed by atoms with Crippen LogP contribution in [0.15, 0.2) is 65.7 Å². The van der Waals surface area contributed by atoms with E-state index < -0.39 is 6.61 Å². The molecule has 0 atom stereocenters. The second-order valence-electron chi connectivity index (χ2n) is 7.03. The van der Waals surface area contributed by atoms with Crippen LogP contribution in [-0.4, -0.2) is 29.2 Å². The average molecular weight is 471 g/mol. The molecule has 1 amide bonds. The van der Waals surface area contributed by atoms with Crippen molar-refractivity contribution < 1.29 is 23.0 Å². The van der Waals surface area contributed by atoms with Gasteiger partial charge in [-0.25, -0.2) is 4.98 Å². The van der Waals surface area contributed by atoms with Crippen molar-refractivity contribution in [2.45, 2.75) is 19.7 Å². The van der Waals surface area contributed by atoms with Crippen LogP contribution in [0.5, 0.6) is 11.5 Å². The molecule has 0 fully saturated rings. The Morgan fingerprint density at radius 2 is 1.82 bits per heavy atom. The quantitative estimate of drug-likeness (QED) is 0.419. The highest BCUT2D eigenvalue weighted by Gasteiger charge is 2.13. The van der Waals surface area contributed by atoms with Crippen molar-refractivity contribution in [3.63, 3.8) is 0 Å². The number of rotatable bonds is 8. The van der Waals surface area contributed by atoms with Gasteiger partial charge < -0.3 is 14.8 Å². The molecule has 0 aliphatic carbocycles. The van der Waals surface area contributed by atoms with Gasteiger partial charge in [0.2, 0.25) is 5.91 Å². The van der Waals surface area contributed by atoms with Gasteiger partial charge in [-0.1, -0.05) is 12.1 Å². The molecule has 0 spiro atoms. The predicted molar refractivity (Wildman–Crippen MR) is 121 cm³/mol. The summed E-state index contributed by atoms with van der Waals surface area (Å²) in [6.07, 6.45) is 1.35. The van der Waals surface area contributed by atoms with E-state index in [0.717, 1.165) is 16.2 Å². The van der Waals surface area contributed by atoms with Gasteiger partial charge in [0.05, 0.1) is 19.0 Å². The van der Waals surface area contributed by atoms with Gasteiger partial charge in [0.25, 0.3) is 5.56 Å². The third kappa shape index (κ3) is 5.35. The third-order valence-electron chi connectivity index (χ3n) is 4.83. The molecule has 0 saturated heterocycles. The summed E-state index contributed by atoms with van der Waals surface area (Å²) >= 11 is 1.31. The van der Waals surface area contributed by atoms with E-state index >= 15 is 0 Å². The van der Waals surface area contributed by atoms with Crippen LogP contribution in [0.2, 0.25) is 0 Å². The molecule has 10 heteroatoms. The molecule has 2 heterocycles. The fourth-order valence-corrected chi connectivity index (χ4v) is 4.22. The Labute approximate surface area is 191 Å². The number of fused-ring (bicyclic) bond motifs is 1. The van der Waals surface area contributed by atoms with E-state index in [1.807, 2.05) is 30.3 Å². The van der Waals surface area contributed by atoms with Crippen LogP contribution in [0, 0.1) is 0 Å². The fraction of sp³-hybridized carbons (Fsp3) is 0.174. The third-order valence-corrected chi connectivity index (χ3v) is 5.99. The number of carbonyl (C=O) groups is 1. The van der Waals surface area contributed by atoms with E-state index in [2.05, 4.69) is 15.0 Å². The maximum Gasteiger partial charge on any atom is 0.387 e. The largest absolute Gasteiger partial charge is 0.497 e. The molecule has 7 nitrogen and oxygen atoms in total. The second kappa shape index (κ2) is 9.78. The van der Waals surface area contributed by atoms with Crippen molar-refractivity contribution in [1.29, 1.82) is 0 Å². The van der Waals surface area contributed by atoms with E-state index in [1.165, 1.54) is 34.4 Å². The maximum atomic E-state index is 12.9. The molecular formula is C23H19F2N3O4S. The first-order chi connectivity index (χ1) is 15.9. The molecule has 4 aromatic rings. The number of alkyl halides is 2. The number of ether oxygens (including phenoxy) is 2. The van der Waals surface area contributed by atoms with Gasteiger partial charge in [0.15, 0.2) is 0 Å². The number of carbonyl (C=O) groups excluding carboxylic acids is 1. The molecular weight excluding hydrogens is 452 g/mol. The highest BCUT2D eigenvalue weighted by atomic mass is 32.1. The Kier molecular flexibility index (Phi) is 6.64. The summed E-state index contributed by atoms with van der Waals surface area (Å²) in [5, 5.41) is 2.70. The highest BCUT2D eigenvalue weighted by molar-refractivity contribution is 7.22. The highest BCUT2D eigenvalue weighted by Crippen LogP contribution is 2.31. The van der Waals surface area contributed by atoms with E-state index in [1.54, 1.807) is 19.2 Å². The first-order valence-electron chi connectivity index (χ1n) is 9.87. The molecule has 0 unspecified atom stereocenters. The first-order valence-corrected chi connectivity index (χ1v) is 10.7. The molecule has 0 saturated carbocycles. The molecule has 33 heavy (non-hydrogen) atoms. The number of amides is 1. The molecule has 1 N–H and O–H groups in total. The zero-order valence-electron chi connectivity index (χ0n) is 17.5. The summed E-state index contributed by atoms with van der Waals surface area (Å²) in [5.74, 6) is 0.401. The van der Waals surface area contributed by atoms with Crippen molar-refractivity contribution >= 4 is 27.5 Å².